The van der Waals surface area contributed by atoms with Gasteiger partial charge in [-0.15, -0.1) is 0 Å². The molecule has 1 aromatic rings. The van der Waals surface area contributed by atoms with E-state index in [1.807, 2.05) is 12.5 Å². The third-order valence-electron chi connectivity index (χ3n) is 6.19. The number of guanidine groups is 1. The summed E-state index contributed by atoms with van der Waals surface area (Å²) in [6.45, 7) is 4.21. The Morgan fingerprint density at radius 2 is 2.04 bits per heavy atom. The Bertz CT molecular complexity index is 613. The van der Waals surface area contributed by atoms with Gasteiger partial charge in [-0.2, -0.15) is 13.2 Å². The summed E-state index contributed by atoms with van der Waals surface area (Å²) in [7, 11) is 1.70. The average Bonchev–Trinajstić information content (AvgIpc) is 3.17. The minimum absolute atomic E-state index is 0.248. The molecule has 2 aliphatic rings. The van der Waals surface area contributed by atoms with Gasteiger partial charge in [-0.05, 0) is 31.1 Å². The number of hydrogen-bond donors (Lipinski definition) is 1. The summed E-state index contributed by atoms with van der Waals surface area (Å²) < 4.78 is 42.1. The molecular formula is C19H30F3N5. The van der Waals surface area contributed by atoms with Crippen LogP contribution in [0.25, 0.3) is 0 Å². The molecule has 2 fully saturated rings. The lowest BCUT2D eigenvalue weighted by Crippen LogP contribution is -2.50. The highest BCUT2D eigenvalue weighted by molar-refractivity contribution is 5.80. The molecule has 4 unspecified atom stereocenters. The first-order valence-electron chi connectivity index (χ1n) is 9.90. The summed E-state index contributed by atoms with van der Waals surface area (Å²) in [4.78, 5) is 10.7. The molecule has 3 rings (SSSR count). The molecule has 1 saturated carbocycles. The largest absolute Gasteiger partial charge is 0.392 e. The van der Waals surface area contributed by atoms with E-state index in [9.17, 15) is 13.2 Å². The first-order chi connectivity index (χ1) is 12.9. The quantitative estimate of drug-likeness (QED) is 0.637. The molecule has 4 atom stereocenters. The zero-order valence-corrected chi connectivity index (χ0v) is 16.1. The van der Waals surface area contributed by atoms with Crippen LogP contribution < -0.4 is 5.32 Å². The third-order valence-corrected chi connectivity index (χ3v) is 6.19. The molecule has 1 aliphatic heterocycles. The van der Waals surface area contributed by atoms with E-state index >= 15 is 0 Å². The van der Waals surface area contributed by atoms with Gasteiger partial charge in [-0.1, -0.05) is 19.8 Å². The normalized spacial score (nSPS) is 30.4. The highest BCUT2D eigenvalue weighted by Gasteiger charge is 2.45. The fourth-order valence-corrected chi connectivity index (χ4v) is 4.53. The predicted octanol–water partition coefficient (Wildman–Crippen LogP) is 3.71. The molecular weight excluding hydrogens is 355 g/mol. The van der Waals surface area contributed by atoms with Crippen molar-refractivity contribution >= 4 is 5.96 Å². The van der Waals surface area contributed by atoms with Gasteiger partial charge in [0.1, 0.15) is 0 Å². The smallest absolute Gasteiger partial charge is 0.356 e. The van der Waals surface area contributed by atoms with E-state index in [0.717, 1.165) is 25.9 Å². The van der Waals surface area contributed by atoms with Crippen LogP contribution in [0.5, 0.6) is 0 Å². The Morgan fingerprint density at radius 1 is 1.26 bits per heavy atom. The molecule has 0 aromatic carbocycles. The zero-order chi connectivity index (χ0) is 19.4. The van der Waals surface area contributed by atoms with Crippen molar-refractivity contribution in [2.75, 3.05) is 26.7 Å². The first kappa shape index (κ1) is 20.0. The Morgan fingerprint density at radius 3 is 2.70 bits per heavy atom. The van der Waals surface area contributed by atoms with Crippen molar-refractivity contribution in [2.45, 2.75) is 51.2 Å². The maximum absolute atomic E-state index is 13.3. The van der Waals surface area contributed by atoms with Gasteiger partial charge in [-0.3, -0.25) is 4.99 Å². The van der Waals surface area contributed by atoms with E-state index in [4.69, 9.17) is 0 Å². The number of imidazole rings is 1. The van der Waals surface area contributed by atoms with Gasteiger partial charge in [0.15, 0.2) is 5.96 Å². The lowest BCUT2D eigenvalue weighted by molar-refractivity contribution is -0.195. The van der Waals surface area contributed by atoms with E-state index in [2.05, 4.69) is 31.7 Å². The van der Waals surface area contributed by atoms with Crippen molar-refractivity contribution in [2.24, 2.45) is 22.7 Å². The number of alkyl halides is 3. The van der Waals surface area contributed by atoms with Crippen LogP contribution in [-0.2, 0) is 0 Å². The Hall–Kier alpha value is -1.73. The molecule has 2 heterocycles. The van der Waals surface area contributed by atoms with Crippen LogP contribution in [0, 0.1) is 17.8 Å². The molecule has 0 bridgehead atoms. The fourth-order valence-electron chi connectivity index (χ4n) is 4.53. The van der Waals surface area contributed by atoms with Crippen molar-refractivity contribution in [1.82, 2.24) is 19.8 Å². The van der Waals surface area contributed by atoms with Crippen molar-refractivity contribution in [1.29, 1.82) is 0 Å². The zero-order valence-electron chi connectivity index (χ0n) is 16.1. The number of aromatic nitrogens is 2. The number of nitrogens with zero attached hydrogens (tertiary/aromatic N) is 4. The lowest BCUT2D eigenvalue weighted by Gasteiger charge is -2.40. The average molecular weight is 385 g/mol. The van der Waals surface area contributed by atoms with E-state index < -0.39 is 12.1 Å². The summed E-state index contributed by atoms with van der Waals surface area (Å²) in [5, 5.41) is 3.24. The second kappa shape index (κ2) is 8.52. The molecule has 1 saturated heterocycles. The third kappa shape index (κ3) is 4.76. The molecule has 1 N–H and O–H groups in total. The second-order valence-corrected chi connectivity index (χ2v) is 7.91. The van der Waals surface area contributed by atoms with Gasteiger partial charge in [0.25, 0.3) is 0 Å². The van der Waals surface area contributed by atoms with Crippen molar-refractivity contribution in [3.05, 3.63) is 18.7 Å². The van der Waals surface area contributed by atoms with Crippen molar-refractivity contribution in [3.8, 4) is 0 Å². The van der Waals surface area contributed by atoms with Crippen LogP contribution in [-0.4, -0.2) is 53.3 Å². The SMILES string of the molecule is CN=C(NCC1CCCCC1C(F)(F)F)N1CCC(C)C(n2ccnc2)C1. The molecule has 27 heavy (non-hydrogen) atoms. The molecule has 1 aromatic heterocycles. The summed E-state index contributed by atoms with van der Waals surface area (Å²) in [6, 6.07) is 0.289. The molecule has 8 heteroatoms. The summed E-state index contributed by atoms with van der Waals surface area (Å²) >= 11 is 0. The van der Waals surface area contributed by atoms with E-state index in [-0.39, 0.29) is 18.4 Å². The summed E-state index contributed by atoms with van der Waals surface area (Å²) in [5.74, 6) is -0.347. The predicted molar refractivity (Wildman–Crippen MR) is 99.5 cm³/mol. The van der Waals surface area contributed by atoms with Crippen molar-refractivity contribution in [3.63, 3.8) is 0 Å². The van der Waals surface area contributed by atoms with Crippen LogP contribution in [0.2, 0.25) is 0 Å². The topological polar surface area (TPSA) is 45.5 Å². The van der Waals surface area contributed by atoms with Gasteiger partial charge >= 0.3 is 6.18 Å². The number of rotatable bonds is 3. The van der Waals surface area contributed by atoms with E-state index in [1.54, 1.807) is 13.2 Å². The van der Waals surface area contributed by atoms with Crippen LogP contribution in [0.4, 0.5) is 13.2 Å². The number of piperidine rings is 1. The van der Waals surface area contributed by atoms with Crippen molar-refractivity contribution < 1.29 is 13.2 Å². The van der Waals surface area contributed by atoms with Gasteiger partial charge in [0.05, 0.1) is 18.3 Å². The minimum atomic E-state index is -4.11. The molecule has 152 valence electrons. The van der Waals surface area contributed by atoms with E-state index in [1.165, 1.54) is 0 Å². The molecule has 5 nitrogen and oxygen atoms in total. The first-order valence-corrected chi connectivity index (χ1v) is 9.90. The number of likely N-dealkylation sites (tertiary alicyclic amines) is 1. The molecule has 0 amide bonds. The fraction of sp³-hybridized carbons (Fsp3) is 0.789. The van der Waals surface area contributed by atoms with Crippen LogP contribution in [0.1, 0.15) is 45.1 Å². The number of aliphatic imine (C=N–C) groups is 1. The van der Waals surface area contributed by atoms with E-state index in [0.29, 0.717) is 31.3 Å². The number of halogens is 3. The summed E-state index contributed by atoms with van der Waals surface area (Å²) in [6.07, 6.45) is 4.91. The Labute approximate surface area is 159 Å². The van der Waals surface area contributed by atoms with Gasteiger partial charge in [0, 0.05) is 39.1 Å². The maximum atomic E-state index is 13.3. The standard InChI is InChI=1S/C19H30F3N5/c1-14-7-9-26(12-17(14)27-10-8-24-13-27)18(23-2)25-11-15-5-3-4-6-16(15)19(20,21)22/h8,10,13-17H,3-7,9,11-12H2,1-2H3,(H,23,25). The molecule has 1 aliphatic carbocycles. The van der Waals surface area contributed by atoms with Gasteiger partial charge in [0.2, 0.25) is 0 Å². The van der Waals surface area contributed by atoms with Gasteiger partial charge in [-0.25, -0.2) is 4.98 Å². The Kier molecular flexibility index (Phi) is 6.32. The number of hydrogen-bond acceptors (Lipinski definition) is 2. The van der Waals surface area contributed by atoms with Crippen LogP contribution in [0.15, 0.2) is 23.7 Å². The maximum Gasteiger partial charge on any atom is 0.392 e. The van der Waals surface area contributed by atoms with Gasteiger partial charge < -0.3 is 14.8 Å². The minimum Gasteiger partial charge on any atom is -0.356 e. The highest BCUT2D eigenvalue weighted by Crippen LogP contribution is 2.41. The summed E-state index contributed by atoms with van der Waals surface area (Å²) in [5.41, 5.74) is 0. The Balaban J connectivity index is 1.61. The second-order valence-electron chi connectivity index (χ2n) is 7.91. The van der Waals surface area contributed by atoms with Crippen LogP contribution in [0.3, 0.4) is 0 Å². The molecule has 0 spiro atoms. The molecule has 0 radical (unpaired) electrons. The lowest BCUT2D eigenvalue weighted by atomic mass is 9.79. The number of nitrogens with one attached hydrogen (secondary N) is 1. The monoisotopic (exact) mass is 385 g/mol. The highest BCUT2D eigenvalue weighted by atomic mass is 19.4. The van der Waals surface area contributed by atoms with Crippen LogP contribution >= 0.6 is 0 Å².